The lowest BCUT2D eigenvalue weighted by Gasteiger charge is -2.22. The van der Waals surface area contributed by atoms with E-state index in [1.165, 1.54) is 0 Å². The van der Waals surface area contributed by atoms with Gasteiger partial charge in [-0.3, -0.25) is 0 Å². The van der Waals surface area contributed by atoms with E-state index in [9.17, 15) is 0 Å². The Balaban J connectivity index is 0.00000648. The standard InChI is InChI=1S/C54H60O9P2.CH4/c1-31-22-40-37-19-16-34(52(4,5)6)28-43(37)58-64(61-49(40)46(25-31)55-13)59-44-29-35(53(7,8)9)17-20-38(44)41-23-32(2)26-47(56-14)50(41)62-65-60-45-30-36(54(10,11)12)18-21-39(45)42-24-33(3)27-48(57-15)51(42)63-65;/h16-30H,1-15H3;1H4. The van der Waals surface area contributed by atoms with Crippen molar-refractivity contribution in [1.29, 1.82) is 0 Å². The summed E-state index contributed by atoms with van der Waals surface area (Å²) in [7, 11) is 0.639. The molecule has 0 fully saturated rings. The Morgan fingerprint density at radius 2 is 0.803 bits per heavy atom. The normalized spacial score (nSPS) is 12.6. The van der Waals surface area contributed by atoms with Gasteiger partial charge in [0.2, 0.25) is 0 Å². The first-order valence-corrected chi connectivity index (χ1v) is 24.0. The largest absolute Gasteiger partial charge is 0.493 e. The van der Waals surface area contributed by atoms with Crippen LogP contribution in [0.5, 0.6) is 28.7 Å². The lowest BCUT2D eigenvalue weighted by atomic mass is 9.85. The van der Waals surface area contributed by atoms with E-state index in [1.807, 2.05) is 39.0 Å². The molecule has 8 rings (SSSR count). The van der Waals surface area contributed by atoms with Gasteiger partial charge in [0.1, 0.15) is 16.9 Å². The maximum atomic E-state index is 7.08. The number of rotatable bonds is 8. The minimum Gasteiger partial charge on any atom is -0.493 e. The number of hydrogen-bond donors (Lipinski definition) is 0. The maximum absolute atomic E-state index is 7.08. The summed E-state index contributed by atoms with van der Waals surface area (Å²) in [5.74, 6) is 2.61. The van der Waals surface area contributed by atoms with E-state index >= 15 is 0 Å². The predicted octanol–water partition coefficient (Wildman–Crippen LogP) is 17.7. The topological polar surface area (TPSA) is 98.7 Å². The molecule has 6 aromatic carbocycles. The zero-order chi connectivity index (χ0) is 46.7. The number of ether oxygens (including phenoxy) is 3. The summed E-state index contributed by atoms with van der Waals surface area (Å²) in [5.41, 5.74) is 9.60. The zero-order valence-corrected chi connectivity index (χ0v) is 42.0. The molecule has 66 heavy (non-hydrogen) atoms. The van der Waals surface area contributed by atoms with Crippen LogP contribution in [0.2, 0.25) is 0 Å². The molecule has 8 aromatic rings. The van der Waals surface area contributed by atoms with Crippen LogP contribution in [0.25, 0.3) is 55.0 Å². The van der Waals surface area contributed by atoms with Crippen LogP contribution in [0, 0.1) is 20.8 Å². The summed E-state index contributed by atoms with van der Waals surface area (Å²) in [6.07, 6.45) is 0. The van der Waals surface area contributed by atoms with Crippen molar-refractivity contribution in [2.24, 2.45) is 0 Å². The molecule has 11 heteroatoms. The van der Waals surface area contributed by atoms with E-state index in [-0.39, 0.29) is 23.7 Å². The zero-order valence-electron chi connectivity index (χ0n) is 40.2. The number of fused-ring (bicyclic) bond motifs is 6. The summed E-state index contributed by atoms with van der Waals surface area (Å²) in [6.45, 7) is 25.7. The fourth-order valence-corrected chi connectivity index (χ4v) is 10.2. The summed E-state index contributed by atoms with van der Waals surface area (Å²) in [4.78, 5) is 0. The third-order valence-corrected chi connectivity index (χ3v) is 13.7. The summed E-state index contributed by atoms with van der Waals surface area (Å²) in [5, 5.41) is 3.49. The molecule has 0 saturated heterocycles. The van der Waals surface area contributed by atoms with Crippen molar-refractivity contribution in [3.8, 4) is 39.9 Å². The lowest BCUT2D eigenvalue weighted by molar-refractivity contribution is 0.389. The van der Waals surface area contributed by atoms with Gasteiger partial charge in [0.05, 0.1) is 21.3 Å². The first kappa shape index (κ1) is 48.1. The Kier molecular flexibility index (Phi) is 13.2. The van der Waals surface area contributed by atoms with Gasteiger partial charge >= 0.3 is 16.5 Å². The van der Waals surface area contributed by atoms with E-state index in [4.69, 9.17) is 40.0 Å². The molecule has 2 aromatic heterocycles. The van der Waals surface area contributed by atoms with Gasteiger partial charge in [-0.1, -0.05) is 106 Å². The minimum absolute atomic E-state index is 0. The van der Waals surface area contributed by atoms with Crippen LogP contribution >= 0.6 is 16.5 Å². The van der Waals surface area contributed by atoms with Crippen molar-refractivity contribution >= 4 is 60.4 Å². The van der Waals surface area contributed by atoms with E-state index < -0.39 is 16.5 Å². The summed E-state index contributed by atoms with van der Waals surface area (Å²) < 4.78 is 59.4. The second kappa shape index (κ2) is 18.1. The van der Waals surface area contributed by atoms with E-state index in [0.29, 0.717) is 56.6 Å². The van der Waals surface area contributed by atoms with Crippen LogP contribution in [-0.4, -0.2) is 21.3 Å². The van der Waals surface area contributed by atoms with Gasteiger partial charge < -0.3 is 40.0 Å². The van der Waals surface area contributed by atoms with Gasteiger partial charge in [-0.15, -0.1) is 0 Å². The van der Waals surface area contributed by atoms with Crippen molar-refractivity contribution in [3.05, 3.63) is 124 Å². The Hall–Kier alpha value is -5.88. The molecule has 0 amide bonds. The van der Waals surface area contributed by atoms with Crippen LogP contribution in [0.1, 0.15) is 103 Å². The predicted molar refractivity (Wildman–Crippen MR) is 273 cm³/mol. The lowest BCUT2D eigenvalue weighted by Crippen LogP contribution is -2.11. The van der Waals surface area contributed by atoms with Crippen LogP contribution in [0.3, 0.4) is 0 Å². The average Bonchev–Trinajstić information content (AvgIpc) is 3.49. The van der Waals surface area contributed by atoms with Crippen molar-refractivity contribution in [2.75, 3.05) is 21.3 Å². The monoisotopic (exact) mass is 930 g/mol. The molecule has 9 nitrogen and oxygen atoms in total. The van der Waals surface area contributed by atoms with Gasteiger partial charge in [0.15, 0.2) is 34.2 Å². The highest BCUT2D eigenvalue weighted by Gasteiger charge is 2.26. The first-order chi connectivity index (χ1) is 30.6. The van der Waals surface area contributed by atoms with Crippen molar-refractivity contribution in [3.63, 3.8) is 0 Å². The third kappa shape index (κ3) is 9.52. The molecule has 0 aliphatic heterocycles. The highest BCUT2D eigenvalue weighted by molar-refractivity contribution is 7.32. The molecule has 2 unspecified atom stereocenters. The molecule has 2 atom stereocenters. The number of aryl methyl sites for hydroxylation is 3. The molecule has 0 radical (unpaired) electrons. The molecule has 0 bridgehead atoms. The van der Waals surface area contributed by atoms with Crippen LogP contribution in [-0.2, 0) is 16.2 Å². The Morgan fingerprint density at radius 3 is 1.26 bits per heavy atom. The summed E-state index contributed by atoms with van der Waals surface area (Å²) >= 11 is 0. The fourth-order valence-electron chi connectivity index (χ4n) is 7.99. The fraction of sp³-hybridized carbons (Fsp3) is 0.345. The molecule has 0 saturated carbocycles. The van der Waals surface area contributed by atoms with Crippen LogP contribution in [0.4, 0.5) is 0 Å². The van der Waals surface area contributed by atoms with E-state index in [0.717, 1.165) is 60.5 Å². The molecule has 348 valence electrons. The Bertz CT molecular complexity index is 3210. The Morgan fingerprint density at radius 1 is 0.394 bits per heavy atom. The molecular formula is C55H64O9P2. The van der Waals surface area contributed by atoms with E-state index in [1.54, 1.807) is 21.3 Å². The number of methoxy groups -OCH3 is 3. The van der Waals surface area contributed by atoms with E-state index in [2.05, 4.69) is 135 Å². The average molecular weight is 931 g/mol. The summed E-state index contributed by atoms with van der Waals surface area (Å²) in [6, 6.07) is 31.0. The van der Waals surface area contributed by atoms with Crippen molar-refractivity contribution < 1.29 is 40.0 Å². The second-order valence-corrected chi connectivity index (χ2v) is 21.9. The van der Waals surface area contributed by atoms with Crippen LogP contribution in [0.15, 0.2) is 108 Å². The molecule has 0 spiro atoms. The highest BCUT2D eigenvalue weighted by atomic mass is 31.1. The first-order valence-electron chi connectivity index (χ1n) is 21.8. The molecule has 2 heterocycles. The quantitative estimate of drug-likeness (QED) is 0.147. The maximum Gasteiger partial charge on any atom is 0.453 e. The number of hydrogen-bond acceptors (Lipinski definition) is 9. The minimum atomic E-state index is -2.16. The molecule has 0 aliphatic carbocycles. The molecular weight excluding hydrogens is 867 g/mol. The molecule has 0 N–H and O–H groups in total. The van der Waals surface area contributed by atoms with Gasteiger partial charge in [-0.25, -0.2) is 0 Å². The van der Waals surface area contributed by atoms with Gasteiger partial charge in [-0.2, -0.15) is 0 Å². The Labute approximate surface area is 391 Å². The smallest absolute Gasteiger partial charge is 0.453 e. The van der Waals surface area contributed by atoms with Crippen LogP contribution < -0.4 is 23.3 Å². The van der Waals surface area contributed by atoms with Gasteiger partial charge in [0, 0.05) is 32.7 Å². The van der Waals surface area contributed by atoms with Gasteiger partial charge in [-0.05, 0) is 125 Å². The third-order valence-electron chi connectivity index (χ3n) is 11.7. The van der Waals surface area contributed by atoms with Crippen molar-refractivity contribution in [2.45, 2.75) is 107 Å². The molecule has 0 aliphatic rings. The second-order valence-electron chi connectivity index (χ2n) is 19.9. The SMILES string of the molecule is C.COc1cc(C)cc(-c2ccc(C(C)(C)C)cc2Op2oc3cc(C(C)(C)C)ccc3c3cc(C)cc(OC)c3o2)c1Op1oc2cc(C(C)(C)C)ccc2c2cc(C)cc(OC)c2o1. The van der Waals surface area contributed by atoms with Crippen molar-refractivity contribution in [1.82, 2.24) is 0 Å². The number of benzene rings is 6. The van der Waals surface area contributed by atoms with Gasteiger partial charge in [0.25, 0.3) is 0 Å². The highest BCUT2D eigenvalue weighted by Crippen LogP contribution is 2.51.